The summed E-state index contributed by atoms with van der Waals surface area (Å²) >= 11 is 0. The van der Waals surface area contributed by atoms with Crippen LogP contribution in [0.4, 0.5) is 0 Å². The molecule has 0 spiro atoms. The number of nitrogens with zero attached hydrogens (tertiary/aromatic N) is 1. The highest BCUT2D eigenvalue weighted by atomic mass is 16.5. The summed E-state index contributed by atoms with van der Waals surface area (Å²) < 4.78 is 5.44. The topological polar surface area (TPSA) is 29.5 Å². The quantitative estimate of drug-likeness (QED) is 0.695. The van der Waals surface area contributed by atoms with Gasteiger partial charge in [-0.25, -0.2) is 0 Å². The van der Waals surface area contributed by atoms with Crippen LogP contribution >= 0.6 is 0 Å². The summed E-state index contributed by atoms with van der Waals surface area (Å²) in [6, 6.07) is 0.356. The minimum Gasteiger partial charge on any atom is -0.379 e. The van der Waals surface area contributed by atoms with Crippen molar-refractivity contribution in [3.8, 4) is 0 Å². The summed E-state index contributed by atoms with van der Waals surface area (Å²) in [4.78, 5) is 13.9. The Bertz CT molecular complexity index is 234. The average molecular weight is 211 g/mol. The van der Waals surface area contributed by atoms with Crippen molar-refractivity contribution in [2.75, 3.05) is 19.8 Å². The second-order valence-corrected chi connectivity index (χ2v) is 5.13. The van der Waals surface area contributed by atoms with Crippen molar-refractivity contribution < 1.29 is 9.53 Å². The number of carbonyl (C=O) groups excluding carboxylic acids is 1. The van der Waals surface area contributed by atoms with E-state index in [1.54, 1.807) is 0 Å². The van der Waals surface area contributed by atoms with Gasteiger partial charge < -0.3 is 9.64 Å². The van der Waals surface area contributed by atoms with E-state index in [0.717, 1.165) is 39.0 Å². The Balaban J connectivity index is 1.95. The van der Waals surface area contributed by atoms with Crippen LogP contribution in [-0.2, 0) is 9.53 Å². The van der Waals surface area contributed by atoms with Gasteiger partial charge in [0.2, 0.25) is 5.91 Å². The molecule has 0 saturated carbocycles. The van der Waals surface area contributed by atoms with Gasteiger partial charge in [-0.3, -0.25) is 4.79 Å². The van der Waals surface area contributed by atoms with Crippen molar-refractivity contribution in [3.63, 3.8) is 0 Å². The zero-order valence-corrected chi connectivity index (χ0v) is 9.74. The molecule has 2 rings (SSSR count). The molecule has 0 aromatic rings. The molecule has 86 valence electrons. The van der Waals surface area contributed by atoms with Crippen molar-refractivity contribution in [2.45, 2.75) is 39.2 Å². The largest absolute Gasteiger partial charge is 0.379 e. The Hall–Kier alpha value is -0.570. The van der Waals surface area contributed by atoms with Crippen LogP contribution in [0, 0.1) is 11.8 Å². The molecule has 15 heavy (non-hydrogen) atoms. The molecule has 0 radical (unpaired) electrons. The molecule has 2 unspecified atom stereocenters. The molecule has 2 heterocycles. The van der Waals surface area contributed by atoms with Crippen LogP contribution < -0.4 is 0 Å². The van der Waals surface area contributed by atoms with Crippen LogP contribution in [0.5, 0.6) is 0 Å². The maximum absolute atomic E-state index is 11.9. The first-order chi connectivity index (χ1) is 7.18. The fourth-order valence-electron chi connectivity index (χ4n) is 2.53. The minimum absolute atomic E-state index is 0.337. The summed E-state index contributed by atoms with van der Waals surface area (Å²) in [5, 5.41) is 0. The summed E-state index contributed by atoms with van der Waals surface area (Å²) in [6.07, 6.45) is 2.96. The van der Waals surface area contributed by atoms with Crippen LogP contribution in [0.25, 0.3) is 0 Å². The van der Waals surface area contributed by atoms with E-state index in [4.69, 9.17) is 4.74 Å². The summed E-state index contributed by atoms with van der Waals surface area (Å²) in [6.45, 7) is 6.98. The van der Waals surface area contributed by atoms with Gasteiger partial charge in [-0.05, 0) is 24.7 Å². The second-order valence-electron chi connectivity index (χ2n) is 5.13. The Morgan fingerprint density at radius 3 is 2.80 bits per heavy atom. The van der Waals surface area contributed by atoms with E-state index < -0.39 is 0 Å². The lowest BCUT2D eigenvalue weighted by molar-refractivity contribution is -0.132. The third kappa shape index (κ3) is 2.33. The predicted octanol–water partition coefficient (Wildman–Crippen LogP) is 1.67. The number of ether oxygens (including phenoxy) is 1. The number of amides is 1. The number of hydrogen-bond acceptors (Lipinski definition) is 2. The van der Waals surface area contributed by atoms with E-state index in [9.17, 15) is 4.79 Å². The van der Waals surface area contributed by atoms with Crippen LogP contribution in [-0.4, -0.2) is 36.6 Å². The molecule has 2 saturated heterocycles. The lowest BCUT2D eigenvalue weighted by Gasteiger charge is -2.31. The van der Waals surface area contributed by atoms with E-state index >= 15 is 0 Å². The third-order valence-electron chi connectivity index (χ3n) is 3.71. The second kappa shape index (κ2) is 4.52. The van der Waals surface area contributed by atoms with Gasteiger partial charge in [-0.15, -0.1) is 0 Å². The molecular weight excluding hydrogens is 190 g/mol. The van der Waals surface area contributed by atoms with Crippen LogP contribution in [0.3, 0.4) is 0 Å². The molecule has 0 aromatic heterocycles. The van der Waals surface area contributed by atoms with E-state index in [1.807, 2.05) is 0 Å². The van der Waals surface area contributed by atoms with E-state index in [-0.39, 0.29) is 0 Å². The fourth-order valence-corrected chi connectivity index (χ4v) is 2.53. The summed E-state index contributed by atoms with van der Waals surface area (Å²) in [5.41, 5.74) is 0. The van der Waals surface area contributed by atoms with Crippen LogP contribution in [0.2, 0.25) is 0 Å². The zero-order chi connectivity index (χ0) is 10.8. The minimum atomic E-state index is 0.337. The first-order valence-corrected chi connectivity index (χ1v) is 6.05. The third-order valence-corrected chi connectivity index (χ3v) is 3.71. The monoisotopic (exact) mass is 211 g/mol. The molecule has 3 heteroatoms. The molecule has 0 aliphatic carbocycles. The van der Waals surface area contributed by atoms with Gasteiger partial charge in [0.1, 0.15) is 0 Å². The molecule has 0 aromatic carbocycles. The first kappa shape index (κ1) is 10.9. The summed E-state index contributed by atoms with van der Waals surface area (Å²) in [5.74, 6) is 1.51. The van der Waals surface area contributed by atoms with Gasteiger partial charge in [0.25, 0.3) is 0 Å². The molecule has 3 nitrogen and oxygen atoms in total. The van der Waals surface area contributed by atoms with Crippen molar-refractivity contribution in [2.24, 2.45) is 11.8 Å². The molecule has 2 atom stereocenters. The van der Waals surface area contributed by atoms with E-state index in [1.165, 1.54) is 0 Å². The molecule has 2 fully saturated rings. The maximum Gasteiger partial charge on any atom is 0.223 e. The molecule has 2 aliphatic heterocycles. The fraction of sp³-hybridized carbons (Fsp3) is 0.917. The van der Waals surface area contributed by atoms with Crippen LogP contribution in [0.1, 0.15) is 33.1 Å². The highest BCUT2D eigenvalue weighted by molar-refractivity contribution is 5.79. The van der Waals surface area contributed by atoms with Crippen LogP contribution in [0.15, 0.2) is 0 Å². The maximum atomic E-state index is 11.9. The molecule has 1 amide bonds. The van der Waals surface area contributed by atoms with Gasteiger partial charge in [-0.2, -0.15) is 0 Å². The average Bonchev–Trinajstić information content (AvgIpc) is 2.62. The van der Waals surface area contributed by atoms with Gasteiger partial charge in [0, 0.05) is 19.6 Å². The van der Waals surface area contributed by atoms with Gasteiger partial charge >= 0.3 is 0 Å². The van der Waals surface area contributed by atoms with Gasteiger partial charge in [0.15, 0.2) is 0 Å². The Labute approximate surface area is 91.8 Å². The number of likely N-dealkylation sites (tertiary alicyclic amines) is 1. The van der Waals surface area contributed by atoms with Crippen molar-refractivity contribution in [1.29, 1.82) is 0 Å². The van der Waals surface area contributed by atoms with E-state index in [2.05, 4.69) is 18.7 Å². The Morgan fingerprint density at radius 2 is 2.27 bits per heavy atom. The van der Waals surface area contributed by atoms with Crippen molar-refractivity contribution >= 4 is 5.91 Å². The van der Waals surface area contributed by atoms with E-state index in [0.29, 0.717) is 23.8 Å². The Kier molecular flexibility index (Phi) is 3.29. The SMILES string of the molecule is CC(C)C1CC(=O)N(C2CCCOC2)C1. The number of rotatable bonds is 2. The van der Waals surface area contributed by atoms with Gasteiger partial charge in [-0.1, -0.05) is 13.8 Å². The normalized spacial score (nSPS) is 32.7. The smallest absolute Gasteiger partial charge is 0.223 e. The number of hydrogen-bond donors (Lipinski definition) is 0. The molecular formula is C12H21NO2. The molecule has 0 bridgehead atoms. The van der Waals surface area contributed by atoms with Gasteiger partial charge in [0.05, 0.1) is 12.6 Å². The molecule has 2 aliphatic rings. The lowest BCUT2D eigenvalue weighted by Crippen LogP contribution is -2.42. The molecule has 0 N–H and O–H groups in total. The standard InChI is InChI=1S/C12H21NO2/c1-9(2)10-6-12(14)13(7-10)11-4-3-5-15-8-11/h9-11H,3-8H2,1-2H3. The van der Waals surface area contributed by atoms with Crippen molar-refractivity contribution in [3.05, 3.63) is 0 Å². The first-order valence-electron chi connectivity index (χ1n) is 6.05. The predicted molar refractivity (Wildman–Crippen MR) is 58.5 cm³/mol. The van der Waals surface area contributed by atoms with Crippen molar-refractivity contribution in [1.82, 2.24) is 4.90 Å². The number of carbonyl (C=O) groups is 1. The summed E-state index contributed by atoms with van der Waals surface area (Å²) in [7, 11) is 0. The highest BCUT2D eigenvalue weighted by Crippen LogP contribution is 2.28. The lowest BCUT2D eigenvalue weighted by atomic mass is 9.95. The zero-order valence-electron chi connectivity index (χ0n) is 9.74. The Morgan fingerprint density at radius 1 is 1.47 bits per heavy atom. The highest BCUT2D eigenvalue weighted by Gasteiger charge is 2.36.